The Labute approximate surface area is 140 Å². The number of pyridine rings is 1. The third-order valence-corrected chi connectivity index (χ3v) is 4.22. The van der Waals surface area contributed by atoms with Crippen LogP contribution in [-0.2, 0) is 11.3 Å². The first-order chi connectivity index (χ1) is 11.7. The highest BCUT2D eigenvalue weighted by atomic mass is 16.6. The average Bonchev–Trinajstić information content (AvgIpc) is 2.63. The summed E-state index contributed by atoms with van der Waals surface area (Å²) in [7, 11) is 1.60. The fraction of sp³-hybridized carbons (Fsp3) is 0.353. The van der Waals surface area contributed by atoms with Gasteiger partial charge in [0, 0.05) is 74.8 Å². The van der Waals surface area contributed by atoms with E-state index in [9.17, 15) is 10.1 Å². The maximum atomic E-state index is 11.0. The SMILES string of the molecule is COCc1cc([N+](=O)[O-])ccc1N1CCN(c2ccncc2)CC1. The third kappa shape index (κ3) is 3.46. The van der Waals surface area contributed by atoms with Crippen molar-refractivity contribution in [2.75, 3.05) is 43.1 Å². The predicted octanol–water partition coefficient (Wildman–Crippen LogP) is 2.46. The van der Waals surface area contributed by atoms with Crippen LogP contribution in [0.5, 0.6) is 0 Å². The number of nitrogens with zero attached hydrogens (tertiary/aromatic N) is 4. The zero-order valence-electron chi connectivity index (χ0n) is 13.6. The predicted molar refractivity (Wildman–Crippen MR) is 92.5 cm³/mol. The lowest BCUT2D eigenvalue weighted by Gasteiger charge is -2.38. The minimum absolute atomic E-state index is 0.0984. The van der Waals surface area contributed by atoms with Gasteiger partial charge in [-0.25, -0.2) is 0 Å². The second-order valence-electron chi connectivity index (χ2n) is 5.68. The van der Waals surface area contributed by atoms with E-state index in [1.165, 1.54) is 5.69 Å². The Bertz CT molecular complexity index is 700. The van der Waals surface area contributed by atoms with Gasteiger partial charge in [0.1, 0.15) is 0 Å². The third-order valence-electron chi connectivity index (χ3n) is 4.22. The molecule has 1 aliphatic heterocycles. The summed E-state index contributed by atoms with van der Waals surface area (Å²) in [6, 6.07) is 9.02. The number of nitro groups is 1. The van der Waals surface area contributed by atoms with Crippen molar-refractivity contribution in [1.29, 1.82) is 0 Å². The smallest absolute Gasteiger partial charge is 0.269 e. The zero-order chi connectivity index (χ0) is 16.9. The molecule has 3 rings (SSSR count). The van der Waals surface area contributed by atoms with Crippen molar-refractivity contribution in [1.82, 2.24) is 4.98 Å². The molecule has 0 spiro atoms. The van der Waals surface area contributed by atoms with E-state index in [1.54, 1.807) is 31.6 Å². The molecule has 2 heterocycles. The van der Waals surface area contributed by atoms with Gasteiger partial charge in [-0.1, -0.05) is 0 Å². The summed E-state index contributed by atoms with van der Waals surface area (Å²) < 4.78 is 5.22. The molecule has 1 saturated heterocycles. The Morgan fingerprint density at radius 2 is 1.79 bits per heavy atom. The highest BCUT2D eigenvalue weighted by Crippen LogP contribution is 2.28. The quantitative estimate of drug-likeness (QED) is 0.620. The van der Waals surface area contributed by atoms with E-state index in [4.69, 9.17) is 4.74 Å². The van der Waals surface area contributed by atoms with Crippen molar-refractivity contribution < 1.29 is 9.66 Å². The summed E-state index contributed by atoms with van der Waals surface area (Å²) in [6.07, 6.45) is 3.60. The Morgan fingerprint density at radius 1 is 1.12 bits per heavy atom. The van der Waals surface area contributed by atoms with Gasteiger partial charge in [0.25, 0.3) is 5.69 Å². The number of non-ortho nitro benzene ring substituents is 1. The van der Waals surface area contributed by atoms with Crippen LogP contribution in [0, 0.1) is 10.1 Å². The maximum absolute atomic E-state index is 11.0. The molecule has 0 atom stereocenters. The van der Waals surface area contributed by atoms with Crippen LogP contribution in [0.4, 0.5) is 17.1 Å². The lowest BCUT2D eigenvalue weighted by atomic mass is 10.1. The van der Waals surface area contributed by atoms with Crippen LogP contribution in [0.2, 0.25) is 0 Å². The molecule has 1 aromatic carbocycles. The first-order valence-corrected chi connectivity index (χ1v) is 7.85. The minimum atomic E-state index is -0.371. The van der Waals surface area contributed by atoms with E-state index in [2.05, 4.69) is 14.8 Å². The molecule has 1 aliphatic rings. The van der Waals surface area contributed by atoms with E-state index >= 15 is 0 Å². The molecule has 1 fully saturated rings. The van der Waals surface area contributed by atoms with Gasteiger partial charge in [-0.3, -0.25) is 15.1 Å². The molecule has 0 unspecified atom stereocenters. The van der Waals surface area contributed by atoms with Crippen molar-refractivity contribution in [2.24, 2.45) is 0 Å². The van der Waals surface area contributed by atoms with Gasteiger partial charge in [-0.2, -0.15) is 0 Å². The van der Waals surface area contributed by atoms with Gasteiger partial charge in [-0.15, -0.1) is 0 Å². The number of methoxy groups -OCH3 is 1. The summed E-state index contributed by atoms with van der Waals surface area (Å²) in [5.74, 6) is 0. The number of anilines is 2. The van der Waals surface area contributed by atoms with Crippen LogP contribution >= 0.6 is 0 Å². The summed E-state index contributed by atoms with van der Waals surface area (Å²) in [4.78, 5) is 19.2. The molecular formula is C17H20N4O3. The summed E-state index contributed by atoms with van der Waals surface area (Å²) in [6.45, 7) is 3.87. The number of hydrogen-bond donors (Lipinski definition) is 0. The molecule has 0 N–H and O–H groups in total. The Kier molecular flexibility index (Phi) is 4.90. The summed E-state index contributed by atoms with van der Waals surface area (Å²) in [5.41, 5.74) is 3.13. The van der Waals surface area contributed by atoms with Crippen LogP contribution < -0.4 is 9.80 Å². The van der Waals surface area contributed by atoms with Gasteiger partial charge in [-0.05, 0) is 18.2 Å². The van der Waals surface area contributed by atoms with E-state index in [0.29, 0.717) is 6.61 Å². The molecular weight excluding hydrogens is 308 g/mol. The molecule has 2 aromatic rings. The second kappa shape index (κ2) is 7.27. The van der Waals surface area contributed by atoms with Gasteiger partial charge >= 0.3 is 0 Å². The molecule has 7 nitrogen and oxygen atoms in total. The number of hydrogen-bond acceptors (Lipinski definition) is 6. The molecule has 126 valence electrons. The molecule has 0 amide bonds. The van der Waals surface area contributed by atoms with Crippen LogP contribution in [0.1, 0.15) is 5.56 Å². The van der Waals surface area contributed by atoms with E-state index in [0.717, 1.165) is 37.4 Å². The van der Waals surface area contributed by atoms with Crippen LogP contribution in [0.15, 0.2) is 42.7 Å². The fourth-order valence-corrected chi connectivity index (χ4v) is 3.03. The molecule has 0 radical (unpaired) electrons. The van der Waals surface area contributed by atoms with Gasteiger partial charge in [0.15, 0.2) is 0 Å². The van der Waals surface area contributed by atoms with Crippen molar-refractivity contribution in [3.8, 4) is 0 Å². The Hall–Kier alpha value is -2.67. The summed E-state index contributed by atoms with van der Waals surface area (Å²) in [5, 5.41) is 11.0. The number of benzene rings is 1. The Balaban J connectivity index is 1.75. The molecule has 24 heavy (non-hydrogen) atoms. The Morgan fingerprint density at radius 3 is 2.42 bits per heavy atom. The van der Waals surface area contributed by atoms with Gasteiger partial charge < -0.3 is 14.5 Å². The maximum Gasteiger partial charge on any atom is 0.269 e. The van der Waals surface area contributed by atoms with Crippen molar-refractivity contribution in [3.05, 3.63) is 58.4 Å². The highest BCUT2D eigenvalue weighted by molar-refractivity contribution is 5.59. The van der Waals surface area contributed by atoms with E-state index in [1.807, 2.05) is 18.2 Å². The average molecular weight is 328 g/mol. The van der Waals surface area contributed by atoms with Crippen molar-refractivity contribution in [2.45, 2.75) is 6.61 Å². The molecule has 1 aromatic heterocycles. The monoisotopic (exact) mass is 328 g/mol. The van der Waals surface area contributed by atoms with Gasteiger partial charge in [0.05, 0.1) is 11.5 Å². The minimum Gasteiger partial charge on any atom is -0.380 e. The lowest BCUT2D eigenvalue weighted by Crippen LogP contribution is -2.46. The zero-order valence-corrected chi connectivity index (χ0v) is 13.6. The lowest BCUT2D eigenvalue weighted by molar-refractivity contribution is -0.384. The van der Waals surface area contributed by atoms with E-state index < -0.39 is 0 Å². The topological polar surface area (TPSA) is 71.7 Å². The summed E-state index contributed by atoms with van der Waals surface area (Å²) >= 11 is 0. The largest absolute Gasteiger partial charge is 0.380 e. The van der Waals surface area contributed by atoms with Crippen molar-refractivity contribution >= 4 is 17.1 Å². The number of rotatable bonds is 5. The fourth-order valence-electron chi connectivity index (χ4n) is 3.03. The normalized spacial score (nSPS) is 14.7. The van der Waals surface area contributed by atoms with Gasteiger partial charge in [0.2, 0.25) is 0 Å². The molecule has 0 saturated carbocycles. The molecule has 7 heteroatoms. The first kappa shape index (κ1) is 16.2. The van der Waals surface area contributed by atoms with Crippen LogP contribution in [-0.4, -0.2) is 43.2 Å². The number of aromatic nitrogens is 1. The number of ether oxygens (including phenoxy) is 1. The number of piperazine rings is 1. The van der Waals surface area contributed by atoms with Crippen LogP contribution in [0.3, 0.4) is 0 Å². The molecule has 0 bridgehead atoms. The first-order valence-electron chi connectivity index (χ1n) is 7.85. The van der Waals surface area contributed by atoms with Crippen LogP contribution in [0.25, 0.3) is 0 Å². The number of nitro benzene ring substituents is 1. The standard InChI is InChI=1S/C17H20N4O3/c1-24-13-14-12-16(21(22)23)2-3-17(14)20-10-8-19(9-11-20)15-4-6-18-7-5-15/h2-7,12H,8-11,13H2,1H3. The van der Waals surface area contributed by atoms with E-state index in [-0.39, 0.29) is 10.6 Å². The highest BCUT2D eigenvalue weighted by Gasteiger charge is 2.21. The molecule has 0 aliphatic carbocycles. The van der Waals surface area contributed by atoms with Crippen molar-refractivity contribution in [3.63, 3.8) is 0 Å². The second-order valence-corrected chi connectivity index (χ2v) is 5.68.